The Morgan fingerprint density at radius 2 is 1.08 bits per heavy atom. The van der Waals surface area contributed by atoms with Crippen LogP contribution in [0.1, 0.15) is 34.9 Å². The first-order chi connectivity index (χ1) is 12.2. The monoisotopic (exact) mass is 334 g/mol. The molecule has 3 rings (SSSR count). The zero-order chi connectivity index (χ0) is 17.6. The fraction of sp³-hybridized carbons (Fsp3) is 0.182. The molecule has 0 radical (unpaired) electrons. The van der Waals surface area contributed by atoms with Crippen LogP contribution in [0.25, 0.3) is 0 Å². The molecule has 0 fully saturated rings. The molecule has 0 amide bonds. The molecule has 3 nitrogen and oxygen atoms in total. The molecule has 3 aromatic carbocycles. The first-order valence-corrected chi connectivity index (χ1v) is 8.42. The Morgan fingerprint density at radius 3 is 1.60 bits per heavy atom. The van der Waals surface area contributed by atoms with Crippen molar-refractivity contribution in [2.45, 2.75) is 18.3 Å². The van der Waals surface area contributed by atoms with E-state index < -0.39 is 0 Å². The van der Waals surface area contributed by atoms with Crippen LogP contribution in [-0.2, 0) is 0 Å². The van der Waals surface area contributed by atoms with E-state index in [0.717, 1.165) is 16.7 Å². The number of rotatable bonds is 6. The van der Waals surface area contributed by atoms with Crippen molar-refractivity contribution in [2.75, 3.05) is 6.61 Å². The fourth-order valence-electron chi connectivity index (χ4n) is 3.39. The van der Waals surface area contributed by atoms with E-state index in [1.54, 1.807) is 24.3 Å². The Balaban J connectivity index is 2.09. The highest BCUT2D eigenvalue weighted by molar-refractivity contribution is 5.41. The van der Waals surface area contributed by atoms with Crippen LogP contribution in [0, 0.1) is 0 Å². The number of phenolic OH excluding ortho intramolecular Hbond substituents is 2. The van der Waals surface area contributed by atoms with Crippen LogP contribution in [0.15, 0.2) is 78.9 Å². The maximum absolute atomic E-state index is 9.65. The average molecular weight is 334 g/mol. The van der Waals surface area contributed by atoms with Crippen molar-refractivity contribution in [1.82, 2.24) is 0 Å². The predicted octanol–water partition coefficient (Wildman–Crippen LogP) is 4.40. The van der Waals surface area contributed by atoms with E-state index in [-0.39, 0.29) is 29.9 Å². The van der Waals surface area contributed by atoms with E-state index in [1.807, 2.05) is 42.5 Å². The van der Waals surface area contributed by atoms with E-state index >= 15 is 0 Å². The third kappa shape index (κ3) is 4.01. The second-order valence-corrected chi connectivity index (χ2v) is 6.19. The first kappa shape index (κ1) is 17.1. The summed E-state index contributed by atoms with van der Waals surface area (Å²) in [4.78, 5) is 0. The predicted molar refractivity (Wildman–Crippen MR) is 98.9 cm³/mol. The standard InChI is InChI=1S/C22H22O3/c23-15-14-21(16-6-10-19(24)11-7-16)22(17-4-2-1-3-5-17)18-8-12-20(25)13-9-18/h1-13,21-25H,14-15H2. The van der Waals surface area contributed by atoms with Crippen LogP contribution < -0.4 is 0 Å². The maximum atomic E-state index is 9.65. The second kappa shape index (κ2) is 7.86. The first-order valence-electron chi connectivity index (χ1n) is 8.42. The Bertz CT molecular complexity index is 780. The van der Waals surface area contributed by atoms with E-state index in [2.05, 4.69) is 12.1 Å². The quantitative estimate of drug-likeness (QED) is 0.626. The number of aliphatic hydroxyl groups excluding tert-OH is 1. The topological polar surface area (TPSA) is 60.7 Å². The highest BCUT2D eigenvalue weighted by Crippen LogP contribution is 2.41. The van der Waals surface area contributed by atoms with Crippen molar-refractivity contribution < 1.29 is 15.3 Å². The molecule has 0 aromatic heterocycles. The molecular formula is C22H22O3. The summed E-state index contributed by atoms with van der Waals surface area (Å²) < 4.78 is 0. The Kier molecular flexibility index (Phi) is 5.36. The summed E-state index contributed by atoms with van der Waals surface area (Å²) >= 11 is 0. The number of aromatic hydroxyl groups is 2. The molecule has 0 aliphatic rings. The number of aliphatic hydroxyl groups is 1. The van der Waals surface area contributed by atoms with E-state index in [0.29, 0.717) is 6.42 Å². The Labute approximate surface area is 147 Å². The zero-order valence-electron chi connectivity index (χ0n) is 13.9. The average Bonchev–Trinajstić information content (AvgIpc) is 2.64. The molecule has 0 saturated heterocycles. The van der Waals surface area contributed by atoms with Crippen molar-refractivity contribution in [1.29, 1.82) is 0 Å². The minimum absolute atomic E-state index is 0.0403. The van der Waals surface area contributed by atoms with E-state index in [4.69, 9.17) is 0 Å². The fourth-order valence-corrected chi connectivity index (χ4v) is 3.39. The van der Waals surface area contributed by atoms with Gasteiger partial charge in [0.15, 0.2) is 0 Å². The lowest BCUT2D eigenvalue weighted by Gasteiger charge is -2.28. The van der Waals surface area contributed by atoms with Crippen LogP contribution in [-0.4, -0.2) is 21.9 Å². The van der Waals surface area contributed by atoms with Gasteiger partial charge in [-0.05, 0) is 53.3 Å². The van der Waals surface area contributed by atoms with Gasteiger partial charge in [0.1, 0.15) is 11.5 Å². The highest BCUT2D eigenvalue weighted by atomic mass is 16.3. The molecule has 0 heterocycles. The van der Waals surface area contributed by atoms with E-state index in [1.165, 1.54) is 0 Å². The summed E-state index contributed by atoms with van der Waals surface area (Å²) in [7, 11) is 0. The van der Waals surface area contributed by atoms with Gasteiger partial charge in [-0.1, -0.05) is 54.6 Å². The molecule has 2 unspecified atom stereocenters. The van der Waals surface area contributed by atoms with Crippen molar-refractivity contribution in [3.05, 3.63) is 95.6 Å². The Hall–Kier alpha value is -2.78. The minimum atomic E-state index is 0.0403. The molecule has 128 valence electrons. The van der Waals surface area contributed by atoms with Crippen molar-refractivity contribution in [3.63, 3.8) is 0 Å². The molecule has 3 heteroatoms. The summed E-state index contributed by atoms with van der Waals surface area (Å²) in [6.45, 7) is 0.0763. The third-order valence-electron chi connectivity index (χ3n) is 4.57. The molecule has 3 N–H and O–H groups in total. The summed E-state index contributed by atoms with van der Waals surface area (Å²) in [5.74, 6) is 0.558. The Morgan fingerprint density at radius 1 is 0.600 bits per heavy atom. The lowest BCUT2D eigenvalue weighted by molar-refractivity contribution is 0.270. The highest BCUT2D eigenvalue weighted by Gasteiger charge is 2.26. The van der Waals surface area contributed by atoms with Crippen molar-refractivity contribution in [3.8, 4) is 11.5 Å². The number of benzene rings is 3. The molecule has 0 bridgehead atoms. The summed E-state index contributed by atoms with van der Waals surface area (Å²) in [5, 5.41) is 28.9. The molecular weight excluding hydrogens is 312 g/mol. The molecule has 0 spiro atoms. The molecule has 0 aliphatic heterocycles. The van der Waals surface area contributed by atoms with Gasteiger partial charge in [-0.25, -0.2) is 0 Å². The second-order valence-electron chi connectivity index (χ2n) is 6.19. The van der Waals surface area contributed by atoms with Gasteiger partial charge >= 0.3 is 0 Å². The van der Waals surface area contributed by atoms with Gasteiger partial charge in [-0.3, -0.25) is 0 Å². The molecule has 2 atom stereocenters. The van der Waals surface area contributed by atoms with Gasteiger partial charge < -0.3 is 15.3 Å². The number of hydrogen-bond acceptors (Lipinski definition) is 3. The molecule has 0 aliphatic carbocycles. The van der Waals surface area contributed by atoms with Gasteiger partial charge in [0.2, 0.25) is 0 Å². The zero-order valence-corrected chi connectivity index (χ0v) is 13.9. The van der Waals surface area contributed by atoms with Crippen LogP contribution >= 0.6 is 0 Å². The summed E-state index contributed by atoms with van der Waals surface area (Å²) in [6.07, 6.45) is 0.602. The minimum Gasteiger partial charge on any atom is -0.508 e. The normalized spacial score (nSPS) is 13.3. The maximum Gasteiger partial charge on any atom is 0.115 e. The van der Waals surface area contributed by atoms with Crippen LogP contribution in [0.3, 0.4) is 0 Å². The van der Waals surface area contributed by atoms with E-state index in [9.17, 15) is 15.3 Å². The van der Waals surface area contributed by atoms with Crippen molar-refractivity contribution >= 4 is 0 Å². The van der Waals surface area contributed by atoms with Crippen LogP contribution in [0.4, 0.5) is 0 Å². The molecule has 0 saturated carbocycles. The van der Waals surface area contributed by atoms with Gasteiger partial charge in [0.05, 0.1) is 0 Å². The van der Waals surface area contributed by atoms with Gasteiger partial charge in [0, 0.05) is 12.5 Å². The number of hydrogen-bond donors (Lipinski definition) is 3. The lowest BCUT2D eigenvalue weighted by Crippen LogP contribution is -2.14. The lowest BCUT2D eigenvalue weighted by atomic mass is 9.75. The van der Waals surface area contributed by atoms with Crippen LogP contribution in [0.2, 0.25) is 0 Å². The molecule has 25 heavy (non-hydrogen) atoms. The largest absolute Gasteiger partial charge is 0.508 e. The summed E-state index contributed by atoms with van der Waals surface area (Å²) in [5.41, 5.74) is 3.30. The SMILES string of the molecule is OCCC(c1ccc(O)cc1)C(c1ccccc1)c1ccc(O)cc1. The summed E-state index contributed by atoms with van der Waals surface area (Å²) in [6, 6.07) is 24.6. The number of phenols is 2. The molecule has 3 aromatic rings. The van der Waals surface area contributed by atoms with Gasteiger partial charge in [-0.2, -0.15) is 0 Å². The van der Waals surface area contributed by atoms with Gasteiger partial charge in [-0.15, -0.1) is 0 Å². The third-order valence-corrected chi connectivity index (χ3v) is 4.57. The smallest absolute Gasteiger partial charge is 0.115 e. The van der Waals surface area contributed by atoms with Crippen molar-refractivity contribution in [2.24, 2.45) is 0 Å². The van der Waals surface area contributed by atoms with Gasteiger partial charge in [0.25, 0.3) is 0 Å². The van der Waals surface area contributed by atoms with Crippen LogP contribution in [0.5, 0.6) is 11.5 Å².